The Labute approximate surface area is 127 Å². The van der Waals surface area contributed by atoms with Crippen LogP contribution in [0.3, 0.4) is 0 Å². The van der Waals surface area contributed by atoms with Gasteiger partial charge in [-0.3, -0.25) is 9.69 Å². The summed E-state index contributed by atoms with van der Waals surface area (Å²) in [4.78, 5) is 15.2. The van der Waals surface area contributed by atoms with Crippen LogP contribution in [0.15, 0.2) is 24.3 Å². The minimum atomic E-state index is -0.555. The average molecular weight is 291 g/mol. The van der Waals surface area contributed by atoms with E-state index in [0.29, 0.717) is 24.5 Å². The Morgan fingerprint density at radius 2 is 1.86 bits per heavy atom. The Morgan fingerprint density at radius 1 is 1.24 bits per heavy atom. The van der Waals surface area contributed by atoms with E-state index in [4.69, 9.17) is 9.47 Å². The molecule has 1 aromatic carbocycles. The summed E-state index contributed by atoms with van der Waals surface area (Å²) in [6.45, 7) is 10.8. The zero-order valence-corrected chi connectivity index (χ0v) is 13.4. The number of rotatable bonds is 5. The van der Waals surface area contributed by atoms with Gasteiger partial charge in [0.1, 0.15) is 5.75 Å². The van der Waals surface area contributed by atoms with Crippen molar-refractivity contribution in [3.05, 3.63) is 29.8 Å². The molecular formula is C17H25NO3. The lowest BCUT2D eigenvalue weighted by molar-refractivity contribution is -0.00442. The summed E-state index contributed by atoms with van der Waals surface area (Å²) < 4.78 is 11.2. The highest BCUT2D eigenvalue weighted by molar-refractivity contribution is 6.04. The standard InChI is InChI=1S/C17H25NO3/c1-13(2)21-15-8-6-5-7-14(15)16(19)17(3,4)18-9-11-20-12-10-18/h5-8,13H,9-12H2,1-4H3. The first-order chi connectivity index (χ1) is 9.93. The molecule has 0 aliphatic carbocycles. The number of morpholine rings is 1. The molecule has 4 heteroatoms. The van der Waals surface area contributed by atoms with Crippen LogP contribution in [0.1, 0.15) is 38.1 Å². The molecule has 1 aliphatic heterocycles. The maximum atomic E-state index is 13.0. The van der Waals surface area contributed by atoms with Crippen molar-refractivity contribution in [1.29, 1.82) is 0 Å². The lowest BCUT2D eigenvalue weighted by Crippen LogP contribution is -2.54. The molecule has 0 N–H and O–H groups in total. The van der Waals surface area contributed by atoms with Crippen molar-refractivity contribution in [2.45, 2.75) is 39.3 Å². The topological polar surface area (TPSA) is 38.8 Å². The quantitative estimate of drug-likeness (QED) is 0.782. The van der Waals surface area contributed by atoms with Crippen LogP contribution in [-0.4, -0.2) is 48.6 Å². The summed E-state index contributed by atoms with van der Waals surface area (Å²) in [5.41, 5.74) is 0.0999. The summed E-state index contributed by atoms with van der Waals surface area (Å²) in [7, 11) is 0. The summed E-state index contributed by atoms with van der Waals surface area (Å²) in [6.07, 6.45) is 0.0467. The van der Waals surface area contributed by atoms with Gasteiger partial charge < -0.3 is 9.47 Å². The molecule has 116 valence electrons. The van der Waals surface area contributed by atoms with E-state index in [9.17, 15) is 4.79 Å². The molecule has 1 fully saturated rings. The predicted molar refractivity (Wildman–Crippen MR) is 83.0 cm³/mol. The normalized spacial score (nSPS) is 17.0. The van der Waals surface area contributed by atoms with Gasteiger partial charge in [-0.15, -0.1) is 0 Å². The van der Waals surface area contributed by atoms with Gasteiger partial charge in [-0.25, -0.2) is 0 Å². The highest BCUT2D eigenvalue weighted by Gasteiger charge is 2.37. The van der Waals surface area contributed by atoms with Crippen LogP contribution in [0.4, 0.5) is 0 Å². The first-order valence-electron chi connectivity index (χ1n) is 7.56. The smallest absolute Gasteiger partial charge is 0.186 e. The molecular weight excluding hydrogens is 266 g/mol. The van der Waals surface area contributed by atoms with E-state index in [1.54, 1.807) is 0 Å². The summed E-state index contributed by atoms with van der Waals surface area (Å²) in [5.74, 6) is 0.763. The van der Waals surface area contributed by atoms with E-state index >= 15 is 0 Å². The number of Topliss-reactive ketones (excluding diaryl/α,β-unsaturated/α-hetero) is 1. The molecule has 1 heterocycles. The number of ketones is 1. The van der Waals surface area contributed by atoms with E-state index in [1.165, 1.54) is 0 Å². The fourth-order valence-corrected chi connectivity index (χ4v) is 2.61. The van der Waals surface area contributed by atoms with Crippen LogP contribution in [0, 0.1) is 0 Å². The Morgan fingerprint density at radius 3 is 2.48 bits per heavy atom. The molecule has 2 rings (SSSR count). The largest absolute Gasteiger partial charge is 0.490 e. The second-order valence-electron chi connectivity index (χ2n) is 6.15. The molecule has 0 atom stereocenters. The van der Waals surface area contributed by atoms with Crippen LogP contribution in [0.25, 0.3) is 0 Å². The third-order valence-corrected chi connectivity index (χ3v) is 3.85. The number of benzene rings is 1. The number of nitrogens with zero attached hydrogens (tertiary/aromatic N) is 1. The summed E-state index contributed by atoms with van der Waals surface area (Å²) in [6, 6.07) is 7.50. The van der Waals surface area contributed by atoms with Crippen molar-refractivity contribution in [3.8, 4) is 5.75 Å². The van der Waals surface area contributed by atoms with Crippen molar-refractivity contribution in [1.82, 2.24) is 4.90 Å². The molecule has 4 nitrogen and oxygen atoms in total. The Kier molecular flexibility index (Phi) is 5.01. The maximum absolute atomic E-state index is 13.0. The van der Waals surface area contributed by atoms with Gasteiger partial charge in [-0.05, 0) is 39.8 Å². The van der Waals surface area contributed by atoms with Crippen molar-refractivity contribution in [2.24, 2.45) is 0 Å². The van der Waals surface area contributed by atoms with Crippen LogP contribution in [-0.2, 0) is 4.74 Å². The van der Waals surface area contributed by atoms with Crippen LogP contribution in [0.5, 0.6) is 5.75 Å². The highest BCUT2D eigenvalue weighted by atomic mass is 16.5. The van der Waals surface area contributed by atoms with E-state index in [1.807, 2.05) is 52.0 Å². The summed E-state index contributed by atoms with van der Waals surface area (Å²) >= 11 is 0. The van der Waals surface area contributed by atoms with Gasteiger partial charge in [-0.2, -0.15) is 0 Å². The Bertz CT molecular complexity index is 491. The fraction of sp³-hybridized carbons (Fsp3) is 0.588. The second kappa shape index (κ2) is 6.58. The van der Waals surface area contributed by atoms with Gasteiger partial charge in [0.15, 0.2) is 5.78 Å². The lowest BCUT2D eigenvalue weighted by atomic mass is 9.90. The van der Waals surface area contributed by atoms with Gasteiger partial charge in [0.05, 0.1) is 30.4 Å². The van der Waals surface area contributed by atoms with Gasteiger partial charge in [0.25, 0.3) is 0 Å². The Hall–Kier alpha value is -1.39. The monoisotopic (exact) mass is 291 g/mol. The molecule has 0 amide bonds. The lowest BCUT2D eigenvalue weighted by Gasteiger charge is -2.39. The molecule has 0 saturated carbocycles. The van der Waals surface area contributed by atoms with Crippen molar-refractivity contribution < 1.29 is 14.3 Å². The Balaban J connectivity index is 2.26. The third kappa shape index (κ3) is 3.63. The molecule has 0 spiro atoms. The molecule has 0 unspecified atom stereocenters. The van der Waals surface area contributed by atoms with Gasteiger partial charge in [-0.1, -0.05) is 12.1 Å². The molecule has 1 aromatic rings. The predicted octanol–water partition coefficient (Wildman–Crippen LogP) is 2.77. The van der Waals surface area contributed by atoms with Gasteiger partial charge in [0.2, 0.25) is 0 Å². The molecule has 0 radical (unpaired) electrons. The van der Waals surface area contributed by atoms with Crippen LogP contribution < -0.4 is 4.74 Å². The minimum Gasteiger partial charge on any atom is -0.490 e. The fourth-order valence-electron chi connectivity index (χ4n) is 2.61. The van der Waals surface area contributed by atoms with Crippen molar-refractivity contribution in [3.63, 3.8) is 0 Å². The van der Waals surface area contributed by atoms with Crippen molar-refractivity contribution in [2.75, 3.05) is 26.3 Å². The highest BCUT2D eigenvalue weighted by Crippen LogP contribution is 2.27. The van der Waals surface area contributed by atoms with E-state index in [-0.39, 0.29) is 11.9 Å². The second-order valence-corrected chi connectivity index (χ2v) is 6.15. The first-order valence-corrected chi connectivity index (χ1v) is 7.56. The first kappa shape index (κ1) is 16.0. The van der Waals surface area contributed by atoms with E-state index in [0.717, 1.165) is 13.1 Å². The molecule has 1 saturated heterocycles. The maximum Gasteiger partial charge on any atom is 0.186 e. The van der Waals surface area contributed by atoms with Crippen molar-refractivity contribution >= 4 is 5.78 Å². The average Bonchev–Trinajstić information content (AvgIpc) is 2.47. The minimum absolute atomic E-state index is 0.0467. The van der Waals surface area contributed by atoms with E-state index < -0.39 is 5.54 Å². The molecule has 0 bridgehead atoms. The van der Waals surface area contributed by atoms with E-state index in [2.05, 4.69) is 4.90 Å². The summed E-state index contributed by atoms with van der Waals surface area (Å²) in [5, 5.41) is 0. The number of carbonyl (C=O) groups excluding carboxylic acids is 1. The number of ether oxygens (including phenoxy) is 2. The van der Waals surface area contributed by atoms with Crippen LogP contribution >= 0.6 is 0 Å². The molecule has 1 aliphatic rings. The zero-order chi connectivity index (χ0) is 15.5. The van der Waals surface area contributed by atoms with Gasteiger partial charge >= 0.3 is 0 Å². The molecule has 21 heavy (non-hydrogen) atoms. The number of hydrogen-bond acceptors (Lipinski definition) is 4. The third-order valence-electron chi connectivity index (χ3n) is 3.85. The SMILES string of the molecule is CC(C)Oc1ccccc1C(=O)C(C)(C)N1CCOCC1. The zero-order valence-electron chi connectivity index (χ0n) is 13.4. The number of hydrogen-bond donors (Lipinski definition) is 0. The molecule has 0 aromatic heterocycles. The number of para-hydroxylation sites is 1. The number of carbonyl (C=O) groups is 1. The van der Waals surface area contributed by atoms with Crippen LogP contribution in [0.2, 0.25) is 0 Å². The van der Waals surface area contributed by atoms with Gasteiger partial charge in [0, 0.05) is 13.1 Å².